The summed E-state index contributed by atoms with van der Waals surface area (Å²) in [5, 5.41) is 25.2. The van der Waals surface area contributed by atoms with Gasteiger partial charge in [-0.05, 0) is 0 Å². The Hall–Kier alpha value is 1.55. The van der Waals surface area contributed by atoms with Gasteiger partial charge in [0.05, 0.1) is 0 Å². The molecule has 0 fully saturated rings. The number of rotatable bonds is 0. The Kier molecular flexibility index (Phi) is 35.4. The zero-order valence-corrected chi connectivity index (χ0v) is 10.9. The summed E-state index contributed by atoms with van der Waals surface area (Å²) in [6.45, 7) is 0. The van der Waals surface area contributed by atoms with Gasteiger partial charge in [0.1, 0.15) is 0 Å². The van der Waals surface area contributed by atoms with Crippen LogP contribution >= 0.6 is 0 Å². The average Bonchev–Trinajstić information content (AvgIpc) is 1.41. The third kappa shape index (κ3) is 96.8. The van der Waals surface area contributed by atoms with Crippen LogP contribution in [-0.4, -0.2) is 32.0 Å². The topological polar surface area (TPSA) is 86.2 Å². The van der Waals surface area contributed by atoms with Crippen molar-refractivity contribution in [3.05, 3.63) is 0 Å². The van der Waals surface area contributed by atoms with Crippen LogP contribution in [0.3, 0.4) is 0 Å². The number of hydrogen-bond donors (Lipinski definition) is 0. The van der Waals surface area contributed by atoms with Gasteiger partial charge in [-0.1, -0.05) is 0 Å². The van der Waals surface area contributed by atoms with Crippen LogP contribution in [0.2, 0.25) is 0 Å². The van der Waals surface area contributed by atoms with E-state index in [1.165, 1.54) is 0 Å². The minimum atomic E-state index is -2.92. The molecule has 0 aromatic heterocycles. The summed E-state index contributed by atoms with van der Waals surface area (Å²) >= 11 is 0.194. The van der Waals surface area contributed by atoms with Gasteiger partial charge in [0, 0.05) is 0 Å². The van der Waals surface area contributed by atoms with Gasteiger partial charge in [0.15, 0.2) is 0 Å². The Morgan fingerprint density at radius 1 is 1.14 bits per heavy atom. The van der Waals surface area contributed by atoms with E-state index in [1.54, 1.807) is 0 Å². The van der Waals surface area contributed by atoms with Gasteiger partial charge in [0.2, 0.25) is 0 Å². The van der Waals surface area contributed by atoms with Gasteiger partial charge in [-0.15, -0.1) is 0 Å². The van der Waals surface area contributed by atoms with Crippen molar-refractivity contribution in [3.63, 3.8) is 0 Å². The molecular formula is BBiCdO4. The van der Waals surface area contributed by atoms with E-state index < -0.39 is 7.32 Å². The molecule has 0 aromatic carbocycles. The first-order valence-corrected chi connectivity index (χ1v) is 2.31. The minimum absolute atomic E-state index is 0. The molecule has 0 saturated carbocycles. The second kappa shape index (κ2) is 15.6. The molecule has 0 spiro atoms. The van der Waals surface area contributed by atoms with E-state index in [9.17, 15) is 0 Å². The summed E-state index contributed by atoms with van der Waals surface area (Å²) in [5.74, 6) is 0. The van der Waals surface area contributed by atoms with Crippen LogP contribution in [0.4, 0.5) is 0 Å². The molecule has 34 valence electrons. The predicted octanol–water partition coefficient (Wildman–Crippen LogP) is -4.45. The molecule has 0 heterocycles. The maximum absolute atomic E-state index is 8.42. The van der Waals surface area contributed by atoms with Crippen molar-refractivity contribution in [2.24, 2.45) is 0 Å². The van der Waals surface area contributed by atoms with Crippen molar-refractivity contribution in [1.29, 1.82) is 0 Å². The molecule has 0 aromatic rings. The molecule has 0 atom stereocenters. The molecule has 0 amide bonds. The SMILES string of the molecule is [Cd+2].[O-]B([O-])[O-].[O]=[Bi+]. The monoisotopic (exact) mass is 398 g/mol. The van der Waals surface area contributed by atoms with Crippen molar-refractivity contribution in [2.75, 3.05) is 0 Å². The third-order valence-corrected chi connectivity index (χ3v) is 0. The Morgan fingerprint density at radius 2 is 1.14 bits per heavy atom. The van der Waals surface area contributed by atoms with E-state index in [4.69, 9.17) is 17.9 Å². The normalized spacial score (nSPS) is 4.43. The number of hydrogen-bond acceptors (Lipinski definition) is 4. The molecule has 0 rings (SSSR count). The molecular weight excluding hydrogens is 396 g/mol. The van der Waals surface area contributed by atoms with Crippen LogP contribution < -0.4 is 15.1 Å². The van der Waals surface area contributed by atoms with Crippen LogP contribution in [0.15, 0.2) is 0 Å². The molecule has 7 heteroatoms. The van der Waals surface area contributed by atoms with Crippen molar-refractivity contribution in [2.45, 2.75) is 0 Å². The van der Waals surface area contributed by atoms with Crippen LogP contribution in [0.5, 0.6) is 0 Å². The molecule has 2 radical (unpaired) electrons. The molecule has 0 unspecified atom stereocenters. The molecule has 4 nitrogen and oxygen atoms in total. The van der Waals surface area contributed by atoms with E-state index in [-0.39, 0.29) is 52.0 Å². The van der Waals surface area contributed by atoms with E-state index in [1.807, 2.05) is 0 Å². The van der Waals surface area contributed by atoms with E-state index in [2.05, 4.69) is 0 Å². The van der Waals surface area contributed by atoms with E-state index in [0.717, 1.165) is 0 Å². The molecule has 0 N–H and O–H groups in total. The van der Waals surface area contributed by atoms with Gasteiger partial charge >= 0.3 is 54.8 Å². The van der Waals surface area contributed by atoms with Gasteiger partial charge in [-0.2, -0.15) is 0 Å². The first-order chi connectivity index (χ1) is 2.73. The Labute approximate surface area is 76.6 Å². The quantitative estimate of drug-likeness (QED) is 0.387. The van der Waals surface area contributed by atoms with Gasteiger partial charge in [-0.25, -0.2) is 0 Å². The zero-order chi connectivity index (χ0) is 5.58. The summed E-state index contributed by atoms with van der Waals surface area (Å²) < 4.78 is 8.36. The fourth-order valence-corrected chi connectivity index (χ4v) is 0. The van der Waals surface area contributed by atoms with Gasteiger partial charge < -0.3 is 15.1 Å². The Morgan fingerprint density at radius 3 is 1.14 bits per heavy atom. The summed E-state index contributed by atoms with van der Waals surface area (Å²) in [7, 11) is -2.92. The fourth-order valence-electron chi connectivity index (χ4n) is 0. The summed E-state index contributed by atoms with van der Waals surface area (Å²) in [6, 6.07) is 0. The predicted molar refractivity (Wildman–Crippen MR) is 12.2 cm³/mol. The van der Waals surface area contributed by atoms with E-state index >= 15 is 0 Å². The van der Waals surface area contributed by atoms with Crippen molar-refractivity contribution >= 4 is 32.0 Å². The summed E-state index contributed by atoms with van der Waals surface area (Å²) in [6.07, 6.45) is 0. The molecule has 0 aliphatic rings. The molecule has 7 heavy (non-hydrogen) atoms. The third-order valence-electron chi connectivity index (χ3n) is 0. The van der Waals surface area contributed by atoms with Gasteiger partial charge in [-0.3, -0.25) is 7.32 Å². The standard InChI is InChI=1S/BO3.Bi.Cd.O/c2-1(3)4;;;/q-3;+1;+2;. The zero-order valence-electron chi connectivity index (χ0n) is 3.36. The van der Waals surface area contributed by atoms with Crippen molar-refractivity contribution < 1.29 is 45.2 Å². The second-order valence-corrected chi connectivity index (χ2v) is 0.289. The Balaban J connectivity index is -0.0000000480. The first kappa shape index (κ1) is 15.8. The summed E-state index contributed by atoms with van der Waals surface area (Å²) in [5.41, 5.74) is 0. The van der Waals surface area contributed by atoms with E-state index in [0.29, 0.717) is 0 Å². The average molecular weight is 396 g/mol. The molecule has 0 bridgehead atoms. The van der Waals surface area contributed by atoms with Crippen molar-refractivity contribution in [3.8, 4) is 0 Å². The molecule has 0 saturated heterocycles. The Bertz CT molecular complexity index is 22.9. The fraction of sp³-hybridized carbons (Fsp3) is 0. The second-order valence-electron chi connectivity index (χ2n) is 0.289. The first-order valence-electron chi connectivity index (χ1n) is 0.890. The van der Waals surface area contributed by atoms with Crippen LogP contribution in [0.1, 0.15) is 0 Å². The maximum atomic E-state index is 8.42. The molecule has 0 aliphatic carbocycles. The van der Waals surface area contributed by atoms with Crippen LogP contribution in [0, 0.1) is 0 Å². The van der Waals surface area contributed by atoms with Gasteiger partial charge in [0.25, 0.3) is 0 Å². The van der Waals surface area contributed by atoms with Crippen LogP contribution in [0.25, 0.3) is 0 Å². The van der Waals surface area contributed by atoms with Crippen molar-refractivity contribution in [1.82, 2.24) is 0 Å². The van der Waals surface area contributed by atoms with Crippen LogP contribution in [-0.2, 0) is 30.1 Å². The molecule has 0 aliphatic heterocycles. The summed E-state index contributed by atoms with van der Waals surface area (Å²) in [4.78, 5) is 0.